The first kappa shape index (κ1) is 12.1. The van der Waals surface area contributed by atoms with Crippen molar-refractivity contribution in [1.29, 1.82) is 0 Å². The number of nitrogen functional groups attached to an aromatic ring is 2. The van der Waals surface area contributed by atoms with E-state index < -0.39 is 18.4 Å². The first-order chi connectivity index (χ1) is 9.11. The van der Waals surface area contributed by atoms with Crippen LogP contribution < -0.4 is 11.5 Å². The SMILES string of the molecule is Nc1ncnc2c1nc(N)n2[C@@H]1C[C@@H](O)[C@H](CO)O1. The molecule has 2 aromatic heterocycles. The Kier molecular flexibility index (Phi) is 2.73. The third kappa shape index (κ3) is 1.79. The molecule has 3 rings (SSSR count). The lowest BCUT2D eigenvalue weighted by Crippen LogP contribution is -2.24. The second kappa shape index (κ2) is 4.30. The maximum absolute atomic E-state index is 9.76. The van der Waals surface area contributed by atoms with Crippen LogP contribution in [0.1, 0.15) is 12.6 Å². The van der Waals surface area contributed by atoms with Gasteiger partial charge in [-0.15, -0.1) is 0 Å². The topological polar surface area (TPSA) is 145 Å². The van der Waals surface area contributed by atoms with Gasteiger partial charge in [-0.1, -0.05) is 0 Å². The summed E-state index contributed by atoms with van der Waals surface area (Å²) in [6.07, 6.45) is -0.326. The molecule has 9 nitrogen and oxygen atoms in total. The van der Waals surface area contributed by atoms with Crippen LogP contribution in [0.5, 0.6) is 0 Å². The number of rotatable bonds is 2. The molecule has 0 bridgehead atoms. The standard InChI is InChI=1S/C10H14N6O3/c11-8-7-9(14-3-13-8)16(10(12)15-7)6-1-4(18)5(2-17)19-6/h3-6,17-18H,1-2H2,(H2,12,15)(H2,11,13,14)/t4-,5+,6+/m1/s1. The third-order valence-corrected chi connectivity index (χ3v) is 3.20. The predicted molar refractivity (Wildman–Crippen MR) is 65.8 cm³/mol. The Morgan fingerprint density at radius 3 is 2.89 bits per heavy atom. The van der Waals surface area contributed by atoms with Gasteiger partial charge < -0.3 is 26.4 Å². The Morgan fingerprint density at radius 2 is 2.21 bits per heavy atom. The fraction of sp³-hybridized carbons (Fsp3) is 0.500. The van der Waals surface area contributed by atoms with Gasteiger partial charge in [-0.2, -0.15) is 0 Å². The summed E-state index contributed by atoms with van der Waals surface area (Å²) < 4.78 is 7.09. The fourth-order valence-corrected chi connectivity index (χ4v) is 2.26. The minimum atomic E-state index is -0.758. The van der Waals surface area contributed by atoms with E-state index >= 15 is 0 Å². The molecule has 0 aromatic carbocycles. The zero-order chi connectivity index (χ0) is 13.6. The molecule has 0 radical (unpaired) electrons. The number of aliphatic hydroxyl groups excluding tert-OH is 2. The van der Waals surface area contributed by atoms with Crippen LogP contribution in [0.2, 0.25) is 0 Å². The molecule has 1 aliphatic heterocycles. The van der Waals surface area contributed by atoms with Gasteiger partial charge >= 0.3 is 0 Å². The number of anilines is 2. The number of nitrogens with zero attached hydrogens (tertiary/aromatic N) is 4. The molecule has 1 fully saturated rings. The number of ether oxygens (including phenoxy) is 1. The predicted octanol–water partition coefficient (Wildman–Crippen LogP) is -1.37. The van der Waals surface area contributed by atoms with Gasteiger partial charge in [0.2, 0.25) is 5.95 Å². The van der Waals surface area contributed by atoms with Crippen LogP contribution in [0.3, 0.4) is 0 Å². The number of hydrogen-bond acceptors (Lipinski definition) is 8. The van der Waals surface area contributed by atoms with E-state index in [1.807, 2.05) is 0 Å². The lowest BCUT2D eigenvalue weighted by molar-refractivity contribution is -0.0425. The summed E-state index contributed by atoms with van der Waals surface area (Å²) in [5, 5.41) is 18.9. The highest BCUT2D eigenvalue weighted by atomic mass is 16.5. The molecule has 0 saturated carbocycles. The number of nitrogens with two attached hydrogens (primary N) is 2. The van der Waals surface area contributed by atoms with Gasteiger partial charge in [0, 0.05) is 6.42 Å². The highest BCUT2D eigenvalue weighted by Crippen LogP contribution is 2.33. The Hall–Kier alpha value is -1.97. The minimum absolute atomic E-state index is 0.179. The molecule has 0 amide bonds. The highest BCUT2D eigenvalue weighted by Gasteiger charge is 2.36. The van der Waals surface area contributed by atoms with E-state index in [9.17, 15) is 5.11 Å². The molecule has 1 aliphatic rings. The second-order valence-electron chi connectivity index (χ2n) is 4.39. The van der Waals surface area contributed by atoms with Crippen molar-refractivity contribution in [3.63, 3.8) is 0 Å². The van der Waals surface area contributed by atoms with Crippen molar-refractivity contribution in [3.8, 4) is 0 Å². The van der Waals surface area contributed by atoms with Crippen molar-refractivity contribution >= 4 is 22.9 Å². The quantitative estimate of drug-likeness (QED) is 0.521. The van der Waals surface area contributed by atoms with Crippen LogP contribution in [-0.2, 0) is 4.74 Å². The van der Waals surface area contributed by atoms with Crippen molar-refractivity contribution in [3.05, 3.63) is 6.33 Å². The Balaban J connectivity index is 2.06. The summed E-state index contributed by atoms with van der Waals surface area (Å²) in [7, 11) is 0. The molecule has 2 aromatic rings. The molecule has 3 atom stereocenters. The minimum Gasteiger partial charge on any atom is -0.394 e. The summed E-state index contributed by atoms with van der Waals surface area (Å²) in [5.41, 5.74) is 12.4. The maximum Gasteiger partial charge on any atom is 0.204 e. The normalized spacial score (nSPS) is 27.2. The molecule has 19 heavy (non-hydrogen) atoms. The Bertz CT molecular complexity index is 615. The molecule has 0 aliphatic carbocycles. The van der Waals surface area contributed by atoms with E-state index in [1.165, 1.54) is 6.33 Å². The number of hydrogen-bond donors (Lipinski definition) is 4. The summed E-state index contributed by atoms with van der Waals surface area (Å²) in [6.45, 7) is -0.263. The third-order valence-electron chi connectivity index (χ3n) is 3.20. The largest absolute Gasteiger partial charge is 0.394 e. The van der Waals surface area contributed by atoms with Gasteiger partial charge in [0.05, 0.1) is 12.7 Å². The molecular formula is C10H14N6O3. The van der Waals surface area contributed by atoms with E-state index in [0.717, 1.165) is 0 Å². The molecule has 0 spiro atoms. The second-order valence-corrected chi connectivity index (χ2v) is 4.39. The van der Waals surface area contributed by atoms with Crippen LogP contribution >= 0.6 is 0 Å². The number of aromatic nitrogens is 4. The summed E-state index contributed by atoms with van der Waals surface area (Å²) in [5.74, 6) is 0.408. The molecule has 9 heteroatoms. The fourth-order valence-electron chi connectivity index (χ4n) is 2.26. The van der Waals surface area contributed by atoms with E-state index in [0.29, 0.717) is 17.6 Å². The lowest BCUT2D eigenvalue weighted by atomic mass is 10.2. The van der Waals surface area contributed by atoms with Crippen molar-refractivity contribution in [2.75, 3.05) is 18.1 Å². The lowest BCUT2D eigenvalue weighted by Gasteiger charge is -2.14. The van der Waals surface area contributed by atoms with Gasteiger partial charge in [-0.3, -0.25) is 4.57 Å². The van der Waals surface area contributed by atoms with Gasteiger partial charge in [0.25, 0.3) is 0 Å². The zero-order valence-corrected chi connectivity index (χ0v) is 9.97. The maximum atomic E-state index is 9.76. The molecule has 6 N–H and O–H groups in total. The number of fused-ring (bicyclic) bond motifs is 1. The van der Waals surface area contributed by atoms with E-state index in [2.05, 4.69) is 15.0 Å². The van der Waals surface area contributed by atoms with Crippen molar-refractivity contribution < 1.29 is 14.9 Å². The van der Waals surface area contributed by atoms with E-state index in [1.54, 1.807) is 4.57 Å². The summed E-state index contributed by atoms with van der Waals surface area (Å²) in [6, 6.07) is 0. The van der Waals surface area contributed by atoms with E-state index in [-0.39, 0.29) is 18.4 Å². The van der Waals surface area contributed by atoms with Gasteiger partial charge in [-0.05, 0) is 0 Å². The van der Waals surface area contributed by atoms with Crippen LogP contribution in [0.15, 0.2) is 6.33 Å². The molecule has 102 valence electrons. The van der Waals surface area contributed by atoms with Gasteiger partial charge in [0.15, 0.2) is 17.0 Å². The van der Waals surface area contributed by atoms with Crippen LogP contribution in [0.25, 0.3) is 11.2 Å². The molecule has 0 unspecified atom stereocenters. The van der Waals surface area contributed by atoms with Crippen molar-refractivity contribution in [1.82, 2.24) is 19.5 Å². The number of aliphatic hydroxyl groups is 2. The molecule has 1 saturated heterocycles. The summed E-state index contributed by atoms with van der Waals surface area (Å²) in [4.78, 5) is 12.0. The van der Waals surface area contributed by atoms with Crippen molar-refractivity contribution in [2.45, 2.75) is 24.9 Å². The van der Waals surface area contributed by atoms with Crippen molar-refractivity contribution in [2.24, 2.45) is 0 Å². The average molecular weight is 266 g/mol. The van der Waals surface area contributed by atoms with Crippen LogP contribution in [0, 0.1) is 0 Å². The smallest absolute Gasteiger partial charge is 0.204 e. The average Bonchev–Trinajstić information content (AvgIpc) is 2.90. The first-order valence-corrected chi connectivity index (χ1v) is 5.80. The van der Waals surface area contributed by atoms with Crippen LogP contribution in [0.4, 0.5) is 11.8 Å². The monoisotopic (exact) mass is 266 g/mol. The first-order valence-electron chi connectivity index (χ1n) is 5.80. The van der Waals surface area contributed by atoms with E-state index in [4.69, 9.17) is 21.3 Å². The summed E-state index contributed by atoms with van der Waals surface area (Å²) >= 11 is 0. The van der Waals surface area contributed by atoms with Gasteiger partial charge in [-0.25, -0.2) is 15.0 Å². The Morgan fingerprint density at radius 1 is 1.42 bits per heavy atom. The van der Waals surface area contributed by atoms with Gasteiger partial charge in [0.1, 0.15) is 18.7 Å². The highest BCUT2D eigenvalue weighted by molar-refractivity contribution is 5.83. The molecular weight excluding hydrogens is 252 g/mol. The van der Waals surface area contributed by atoms with Crippen LogP contribution in [-0.4, -0.2) is 48.5 Å². The zero-order valence-electron chi connectivity index (χ0n) is 9.97. The number of imidazole rings is 1. The Labute approximate surface area is 107 Å². The molecule has 3 heterocycles.